The maximum Gasteiger partial charge on any atom is 0.326 e. The van der Waals surface area contributed by atoms with Gasteiger partial charge in [-0.2, -0.15) is 0 Å². The van der Waals surface area contributed by atoms with Gasteiger partial charge in [-0.1, -0.05) is 13.3 Å². The second-order valence-corrected chi connectivity index (χ2v) is 2.89. The molecule has 1 unspecified atom stereocenters. The predicted octanol–water partition coefficient (Wildman–Crippen LogP) is -0.0506. The number of hydrogen-bond donors (Lipinski definition) is 3. The van der Waals surface area contributed by atoms with Gasteiger partial charge < -0.3 is 15.9 Å². The highest BCUT2D eigenvalue weighted by Crippen LogP contribution is 2.11. The van der Waals surface area contributed by atoms with E-state index in [2.05, 4.69) is 0 Å². The van der Waals surface area contributed by atoms with Crippen LogP contribution in [0.1, 0.15) is 26.7 Å². The highest BCUT2D eigenvalue weighted by Gasteiger charge is 2.35. The number of aliphatic hydroxyl groups is 1. The van der Waals surface area contributed by atoms with Gasteiger partial charge in [0.1, 0.15) is 5.54 Å². The molecule has 0 fully saturated rings. The molecule has 0 bridgehead atoms. The molecule has 0 saturated heterocycles. The molecule has 0 radical (unpaired) electrons. The summed E-state index contributed by atoms with van der Waals surface area (Å²) in [5.74, 6) is -1.17. The largest absolute Gasteiger partial charge is 0.480 e. The summed E-state index contributed by atoms with van der Waals surface area (Å²) in [6, 6.07) is 0. The topological polar surface area (TPSA) is 83.5 Å². The fourth-order valence-corrected chi connectivity index (χ4v) is 0.716. The van der Waals surface area contributed by atoms with Crippen molar-refractivity contribution in [2.24, 2.45) is 5.73 Å². The standard InChI is InChI=1S/C7H15NO3/c1-3-4-5(9)7(2,8)6(10)11/h5,9H,3-4,8H2,1-2H3,(H,10,11)/t5-,7?/m0/s1. The van der Waals surface area contributed by atoms with E-state index >= 15 is 0 Å². The Morgan fingerprint density at radius 1 is 1.73 bits per heavy atom. The number of carboxylic acid groups (broad SMARTS) is 1. The number of rotatable bonds is 4. The summed E-state index contributed by atoms with van der Waals surface area (Å²) in [4.78, 5) is 10.5. The van der Waals surface area contributed by atoms with Crippen LogP contribution in [0.5, 0.6) is 0 Å². The molecule has 0 aromatic carbocycles. The Bertz CT molecular complexity index is 145. The third-order valence-electron chi connectivity index (χ3n) is 1.72. The van der Waals surface area contributed by atoms with Gasteiger partial charge in [0.25, 0.3) is 0 Å². The van der Waals surface area contributed by atoms with Crippen LogP contribution in [0.3, 0.4) is 0 Å². The second kappa shape index (κ2) is 3.69. The van der Waals surface area contributed by atoms with E-state index in [0.717, 1.165) is 6.42 Å². The zero-order valence-electron chi connectivity index (χ0n) is 6.87. The molecule has 4 heteroatoms. The fraction of sp³-hybridized carbons (Fsp3) is 0.857. The van der Waals surface area contributed by atoms with Gasteiger partial charge in [-0.25, -0.2) is 0 Å². The van der Waals surface area contributed by atoms with Crippen LogP contribution < -0.4 is 5.73 Å². The summed E-state index contributed by atoms with van der Waals surface area (Å²) >= 11 is 0. The Hall–Kier alpha value is -0.610. The van der Waals surface area contributed by atoms with Crippen molar-refractivity contribution in [1.82, 2.24) is 0 Å². The summed E-state index contributed by atoms with van der Waals surface area (Å²) in [6.45, 7) is 3.18. The van der Waals surface area contributed by atoms with Crippen LogP contribution in [-0.2, 0) is 4.79 Å². The van der Waals surface area contributed by atoms with E-state index in [1.54, 1.807) is 0 Å². The van der Waals surface area contributed by atoms with Gasteiger partial charge in [-0.3, -0.25) is 4.79 Å². The average Bonchev–Trinajstić information content (AvgIpc) is 1.88. The molecule has 0 saturated carbocycles. The van der Waals surface area contributed by atoms with E-state index in [-0.39, 0.29) is 0 Å². The first-order chi connectivity index (χ1) is 4.92. The van der Waals surface area contributed by atoms with Crippen LogP contribution >= 0.6 is 0 Å². The molecule has 0 rings (SSSR count). The van der Waals surface area contributed by atoms with Crippen LogP contribution in [0.2, 0.25) is 0 Å². The Balaban J connectivity index is 4.17. The van der Waals surface area contributed by atoms with Gasteiger partial charge in [0.15, 0.2) is 0 Å². The Labute approximate surface area is 66.0 Å². The number of nitrogens with two attached hydrogens (primary N) is 1. The molecule has 66 valence electrons. The van der Waals surface area contributed by atoms with E-state index in [9.17, 15) is 9.90 Å². The maximum absolute atomic E-state index is 10.5. The number of aliphatic carboxylic acids is 1. The minimum atomic E-state index is -1.52. The number of carboxylic acids is 1. The number of carbonyl (C=O) groups is 1. The summed E-state index contributed by atoms with van der Waals surface area (Å²) in [5.41, 5.74) is 3.82. The monoisotopic (exact) mass is 161 g/mol. The molecule has 0 amide bonds. The molecule has 2 atom stereocenters. The van der Waals surface area contributed by atoms with Crippen molar-refractivity contribution < 1.29 is 15.0 Å². The third kappa shape index (κ3) is 2.48. The normalized spacial score (nSPS) is 18.9. The van der Waals surface area contributed by atoms with E-state index in [1.807, 2.05) is 6.92 Å². The zero-order chi connectivity index (χ0) is 9.07. The molecular weight excluding hydrogens is 146 g/mol. The SMILES string of the molecule is CCC[C@H](O)C(C)(N)C(=O)O. The number of aliphatic hydroxyl groups excluding tert-OH is 1. The van der Waals surface area contributed by atoms with E-state index < -0.39 is 17.6 Å². The van der Waals surface area contributed by atoms with Crippen molar-refractivity contribution in [2.45, 2.75) is 38.3 Å². The van der Waals surface area contributed by atoms with Gasteiger partial charge in [-0.05, 0) is 13.3 Å². The van der Waals surface area contributed by atoms with Crippen LogP contribution in [0, 0.1) is 0 Å². The molecule has 11 heavy (non-hydrogen) atoms. The summed E-state index contributed by atoms with van der Waals surface area (Å²) < 4.78 is 0. The lowest BCUT2D eigenvalue weighted by Crippen LogP contribution is -2.54. The van der Waals surface area contributed by atoms with Crippen molar-refractivity contribution in [3.63, 3.8) is 0 Å². The lowest BCUT2D eigenvalue weighted by Gasteiger charge is -2.25. The first-order valence-corrected chi connectivity index (χ1v) is 3.63. The highest BCUT2D eigenvalue weighted by atomic mass is 16.4. The Morgan fingerprint density at radius 2 is 2.18 bits per heavy atom. The molecule has 0 aliphatic heterocycles. The Kier molecular flexibility index (Phi) is 3.48. The van der Waals surface area contributed by atoms with E-state index in [1.165, 1.54) is 6.92 Å². The second-order valence-electron chi connectivity index (χ2n) is 2.89. The average molecular weight is 161 g/mol. The molecule has 0 aliphatic carbocycles. The van der Waals surface area contributed by atoms with Gasteiger partial charge in [0, 0.05) is 0 Å². The minimum Gasteiger partial charge on any atom is -0.480 e. The first-order valence-electron chi connectivity index (χ1n) is 3.63. The minimum absolute atomic E-state index is 0.416. The summed E-state index contributed by atoms with van der Waals surface area (Å²) in [7, 11) is 0. The molecule has 0 aromatic rings. The Morgan fingerprint density at radius 3 is 2.45 bits per heavy atom. The summed E-state index contributed by atoms with van der Waals surface area (Å²) in [6.07, 6.45) is 0.172. The van der Waals surface area contributed by atoms with E-state index in [0.29, 0.717) is 6.42 Å². The zero-order valence-corrected chi connectivity index (χ0v) is 6.87. The van der Waals surface area contributed by atoms with Gasteiger partial charge in [0.2, 0.25) is 0 Å². The van der Waals surface area contributed by atoms with Crippen molar-refractivity contribution in [3.8, 4) is 0 Å². The maximum atomic E-state index is 10.5. The summed E-state index contributed by atoms with van der Waals surface area (Å²) in [5, 5.41) is 17.8. The predicted molar refractivity (Wildman–Crippen MR) is 41.1 cm³/mol. The quantitative estimate of drug-likeness (QED) is 0.539. The van der Waals surface area contributed by atoms with Crippen molar-refractivity contribution in [2.75, 3.05) is 0 Å². The van der Waals surface area contributed by atoms with Gasteiger partial charge in [0.05, 0.1) is 6.10 Å². The van der Waals surface area contributed by atoms with Crippen LogP contribution in [0.4, 0.5) is 0 Å². The van der Waals surface area contributed by atoms with Gasteiger partial charge >= 0.3 is 5.97 Å². The molecule has 0 heterocycles. The molecule has 0 spiro atoms. The lowest BCUT2D eigenvalue weighted by molar-refractivity contribution is -0.147. The third-order valence-corrected chi connectivity index (χ3v) is 1.72. The van der Waals surface area contributed by atoms with Crippen molar-refractivity contribution >= 4 is 5.97 Å². The molecule has 4 nitrogen and oxygen atoms in total. The lowest BCUT2D eigenvalue weighted by atomic mass is 9.93. The van der Waals surface area contributed by atoms with E-state index in [4.69, 9.17) is 10.8 Å². The molecular formula is C7H15NO3. The fourth-order valence-electron chi connectivity index (χ4n) is 0.716. The molecule has 4 N–H and O–H groups in total. The smallest absolute Gasteiger partial charge is 0.326 e. The first kappa shape index (κ1) is 10.4. The van der Waals surface area contributed by atoms with Crippen molar-refractivity contribution in [1.29, 1.82) is 0 Å². The van der Waals surface area contributed by atoms with Gasteiger partial charge in [-0.15, -0.1) is 0 Å². The van der Waals surface area contributed by atoms with Crippen molar-refractivity contribution in [3.05, 3.63) is 0 Å². The molecule has 0 aliphatic rings. The van der Waals surface area contributed by atoms with Crippen LogP contribution in [-0.4, -0.2) is 27.8 Å². The molecule has 0 aromatic heterocycles. The van der Waals surface area contributed by atoms with Crippen LogP contribution in [0.25, 0.3) is 0 Å². The van der Waals surface area contributed by atoms with Crippen LogP contribution in [0.15, 0.2) is 0 Å². The number of hydrogen-bond acceptors (Lipinski definition) is 3. The highest BCUT2D eigenvalue weighted by molar-refractivity contribution is 5.78.